The van der Waals surface area contributed by atoms with Crippen LogP contribution in [0.1, 0.15) is 30.4 Å². The minimum atomic E-state index is -0.316. The minimum Gasteiger partial charge on any atom is -0.497 e. The molecule has 31 heavy (non-hydrogen) atoms. The van der Waals surface area contributed by atoms with Gasteiger partial charge < -0.3 is 35.3 Å². The van der Waals surface area contributed by atoms with E-state index in [1.807, 2.05) is 42.5 Å². The lowest BCUT2D eigenvalue weighted by Crippen LogP contribution is -2.45. The van der Waals surface area contributed by atoms with Crippen LogP contribution in [0.4, 0.5) is 4.79 Å². The Labute approximate surface area is 182 Å². The van der Waals surface area contributed by atoms with Crippen LogP contribution in [0.25, 0.3) is 0 Å². The lowest BCUT2D eigenvalue weighted by molar-refractivity contribution is 0.172. The molecule has 2 aromatic rings. The highest BCUT2D eigenvalue weighted by Gasteiger charge is 2.20. The lowest BCUT2D eigenvalue weighted by atomic mass is 10.1. The maximum absolute atomic E-state index is 13.1. The van der Waals surface area contributed by atoms with E-state index in [1.165, 1.54) is 0 Å². The Morgan fingerprint density at radius 3 is 2.68 bits per heavy atom. The Morgan fingerprint density at radius 1 is 1.16 bits per heavy atom. The van der Waals surface area contributed by atoms with E-state index < -0.39 is 0 Å². The molecule has 0 aliphatic carbocycles. The van der Waals surface area contributed by atoms with Crippen LogP contribution in [0.3, 0.4) is 0 Å². The Bertz CT molecular complexity index is 861. The van der Waals surface area contributed by atoms with Crippen LogP contribution in [0, 0.1) is 0 Å². The second-order valence-electron chi connectivity index (χ2n) is 7.51. The number of rotatable bonds is 11. The van der Waals surface area contributed by atoms with Gasteiger partial charge in [0.05, 0.1) is 19.8 Å². The normalized spacial score (nSPS) is 13.0. The van der Waals surface area contributed by atoms with Crippen molar-refractivity contribution in [1.82, 2.24) is 10.2 Å². The Kier molecular flexibility index (Phi) is 8.37. The topological polar surface area (TPSA) is 106 Å². The third-order valence-corrected chi connectivity index (χ3v) is 5.16. The molecule has 3 rings (SSSR count). The van der Waals surface area contributed by atoms with Crippen LogP contribution in [-0.2, 0) is 13.1 Å². The molecule has 8 nitrogen and oxygen atoms in total. The standard InChI is InChI=1S/C23H31N3O5/c1-29-20-7-4-5-17(11-20)13-26(23(28)25-19(15-27)6-2-3-10-24)14-18-8-9-21-22(12-18)31-16-30-21/h4-5,7-9,11-12,19,27H,2-3,6,10,13-16,24H2,1H3,(H,25,28). The molecule has 4 N–H and O–H groups in total. The molecule has 1 atom stereocenters. The molecule has 1 aliphatic heterocycles. The van der Waals surface area contributed by atoms with Gasteiger partial charge in [-0.15, -0.1) is 0 Å². The molecular formula is C23H31N3O5. The second kappa shape index (κ2) is 11.4. The molecule has 0 bridgehead atoms. The summed E-state index contributed by atoms with van der Waals surface area (Å²) in [4.78, 5) is 14.8. The summed E-state index contributed by atoms with van der Waals surface area (Å²) in [5.74, 6) is 2.11. The third kappa shape index (κ3) is 6.50. The van der Waals surface area contributed by atoms with Crippen molar-refractivity contribution in [1.29, 1.82) is 0 Å². The van der Waals surface area contributed by atoms with Crippen LogP contribution in [-0.4, -0.2) is 49.1 Å². The fraction of sp³-hybridized carbons (Fsp3) is 0.435. The van der Waals surface area contributed by atoms with Gasteiger partial charge in [0.1, 0.15) is 5.75 Å². The SMILES string of the molecule is COc1cccc(CN(Cc2ccc3c(c2)OCO3)C(=O)NC(CO)CCCCN)c1. The van der Waals surface area contributed by atoms with Crippen LogP contribution in [0.5, 0.6) is 17.2 Å². The van der Waals surface area contributed by atoms with Crippen LogP contribution < -0.4 is 25.3 Å². The predicted molar refractivity (Wildman–Crippen MR) is 117 cm³/mol. The summed E-state index contributed by atoms with van der Waals surface area (Å²) < 4.78 is 16.2. The van der Waals surface area contributed by atoms with Gasteiger partial charge in [-0.2, -0.15) is 0 Å². The predicted octanol–water partition coefficient (Wildman–Crippen LogP) is 2.63. The van der Waals surface area contributed by atoms with Gasteiger partial charge >= 0.3 is 6.03 Å². The first-order valence-corrected chi connectivity index (χ1v) is 10.5. The number of benzene rings is 2. The van der Waals surface area contributed by atoms with Crippen LogP contribution >= 0.6 is 0 Å². The van der Waals surface area contributed by atoms with E-state index in [-0.39, 0.29) is 25.5 Å². The number of aliphatic hydroxyl groups excluding tert-OH is 1. The molecule has 0 radical (unpaired) electrons. The van der Waals surface area contributed by atoms with E-state index in [2.05, 4.69) is 5.32 Å². The minimum absolute atomic E-state index is 0.118. The summed E-state index contributed by atoms with van der Waals surface area (Å²) in [5.41, 5.74) is 7.42. The van der Waals surface area contributed by atoms with E-state index in [1.54, 1.807) is 12.0 Å². The highest BCUT2D eigenvalue weighted by atomic mass is 16.7. The average Bonchev–Trinajstić information content (AvgIpc) is 3.26. The van der Waals surface area contributed by atoms with Crippen molar-refractivity contribution in [3.8, 4) is 17.2 Å². The number of fused-ring (bicyclic) bond motifs is 1. The number of hydrogen-bond donors (Lipinski definition) is 3. The molecule has 168 valence electrons. The molecular weight excluding hydrogens is 398 g/mol. The number of urea groups is 1. The number of methoxy groups -OCH3 is 1. The molecule has 0 aromatic heterocycles. The summed E-state index contributed by atoms with van der Waals surface area (Å²) >= 11 is 0. The fourth-order valence-corrected chi connectivity index (χ4v) is 3.46. The van der Waals surface area contributed by atoms with Crippen molar-refractivity contribution in [2.75, 3.05) is 27.1 Å². The first-order valence-electron chi connectivity index (χ1n) is 10.5. The number of amides is 2. The van der Waals surface area contributed by atoms with E-state index in [9.17, 15) is 9.90 Å². The van der Waals surface area contributed by atoms with Gasteiger partial charge in [0.15, 0.2) is 11.5 Å². The van der Waals surface area contributed by atoms with Gasteiger partial charge in [-0.3, -0.25) is 0 Å². The van der Waals surface area contributed by atoms with Gasteiger partial charge in [0, 0.05) is 13.1 Å². The first kappa shape index (κ1) is 22.7. The monoisotopic (exact) mass is 429 g/mol. The smallest absolute Gasteiger partial charge is 0.318 e. The summed E-state index contributed by atoms with van der Waals surface area (Å²) in [6, 6.07) is 12.7. The largest absolute Gasteiger partial charge is 0.497 e. The van der Waals surface area contributed by atoms with E-state index in [0.717, 1.165) is 29.7 Å². The van der Waals surface area contributed by atoms with E-state index in [4.69, 9.17) is 19.9 Å². The molecule has 1 unspecified atom stereocenters. The fourth-order valence-electron chi connectivity index (χ4n) is 3.46. The van der Waals surface area contributed by atoms with E-state index >= 15 is 0 Å². The Hall–Kier alpha value is -2.97. The first-order chi connectivity index (χ1) is 15.1. The second-order valence-corrected chi connectivity index (χ2v) is 7.51. The van der Waals surface area contributed by atoms with Gasteiger partial charge in [-0.1, -0.05) is 24.6 Å². The Morgan fingerprint density at radius 2 is 1.94 bits per heavy atom. The third-order valence-electron chi connectivity index (χ3n) is 5.16. The van der Waals surface area contributed by atoms with Crippen molar-refractivity contribution < 1.29 is 24.1 Å². The zero-order chi connectivity index (χ0) is 22.1. The highest BCUT2D eigenvalue weighted by molar-refractivity contribution is 5.74. The molecule has 0 saturated carbocycles. The Balaban J connectivity index is 1.74. The number of ether oxygens (including phenoxy) is 3. The zero-order valence-corrected chi connectivity index (χ0v) is 17.9. The number of aliphatic hydroxyl groups is 1. The summed E-state index contributed by atoms with van der Waals surface area (Å²) in [6.07, 6.45) is 2.38. The van der Waals surface area contributed by atoms with Crippen molar-refractivity contribution in [2.45, 2.75) is 38.4 Å². The number of hydrogen-bond acceptors (Lipinski definition) is 6. The molecule has 1 aliphatic rings. The van der Waals surface area contributed by atoms with Crippen molar-refractivity contribution in [2.24, 2.45) is 5.73 Å². The van der Waals surface area contributed by atoms with Crippen LogP contribution in [0.2, 0.25) is 0 Å². The number of nitrogens with zero attached hydrogens (tertiary/aromatic N) is 1. The number of carbonyl (C=O) groups is 1. The molecule has 0 saturated heterocycles. The van der Waals surface area contributed by atoms with Crippen molar-refractivity contribution in [3.63, 3.8) is 0 Å². The highest BCUT2D eigenvalue weighted by Crippen LogP contribution is 2.33. The maximum atomic E-state index is 13.1. The number of nitrogens with two attached hydrogens (primary N) is 1. The quantitative estimate of drug-likeness (QED) is 0.474. The maximum Gasteiger partial charge on any atom is 0.318 e. The molecule has 2 amide bonds. The number of unbranched alkanes of at least 4 members (excludes halogenated alkanes) is 1. The molecule has 2 aromatic carbocycles. The van der Waals surface area contributed by atoms with Gasteiger partial charge in [0.2, 0.25) is 6.79 Å². The number of carbonyl (C=O) groups excluding carboxylic acids is 1. The van der Waals surface area contributed by atoms with Crippen LogP contribution in [0.15, 0.2) is 42.5 Å². The molecule has 8 heteroatoms. The zero-order valence-electron chi connectivity index (χ0n) is 17.9. The summed E-state index contributed by atoms with van der Waals surface area (Å²) in [6.45, 7) is 1.44. The van der Waals surface area contributed by atoms with Gasteiger partial charge in [-0.25, -0.2) is 4.79 Å². The molecule has 1 heterocycles. The average molecular weight is 430 g/mol. The van der Waals surface area contributed by atoms with Gasteiger partial charge in [-0.05, 0) is 54.8 Å². The summed E-state index contributed by atoms with van der Waals surface area (Å²) in [5, 5.41) is 12.7. The lowest BCUT2D eigenvalue weighted by Gasteiger charge is -2.26. The molecule has 0 fully saturated rings. The van der Waals surface area contributed by atoms with Crippen molar-refractivity contribution >= 4 is 6.03 Å². The van der Waals surface area contributed by atoms with E-state index in [0.29, 0.717) is 37.6 Å². The van der Waals surface area contributed by atoms with Gasteiger partial charge in [0.25, 0.3) is 0 Å². The molecule has 0 spiro atoms. The van der Waals surface area contributed by atoms with Crippen molar-refractivity contribution in [3.05, 3.63) is 53.6 Å². The number of nitrogens with one attached hydrogen (secondary N) is 1. The summed E-state index contributed by atoms with van der Waals surface area (Å²) in [7, 11) is 1.61.